The lowest BCUT2D eigenvalue weighted by Crippen LogP contribution is -2.48. The van der Waals surface area contributed by atoms with Crippen molar-refractivity contribution in [2.24, 2.45) is 0 Å². The van der Waals surface area contributed by atoms with Crippen LogP contribution in [0.4, 0.5) is 17.1 Å². The second-order valence-corrected chi connectivity index (χ2v) is 6.77. The topological polar surface area (TPSA) is 78.7 Å². The van der Waals surface area contributed by atoms with Crippen molar-refractivity contribution >= 4 is 23.0 Å². The summed E-state index contributed by atoms with van der Waals surface area (Å²) in [5.74, 6) is 0.0386. The van der Waals surface area contributed by atoms with Crippen LogP contribution in [0.1, 0.15) is 15.9 Å². The Hall–Kier alpha value is -3.35. The zero-order chi connectivity index (χ0) is 20.1. The molecule has 0 aromatic heterocycles. The minimum Gasteiger partial charge on any atom is -0.376 e. The van der Waals surface area contributed by atoms with Gasteiger partial charge < -0.3 is 15.1 Å². The normalized spacial score (nSPS) is 13.9. The molecule has 1 heterocycles. The number of benzene rings is 2. The van der Waals surface area contributed by atoms with E-state index < -0.39 is 4.92 Å². The maximum absolute atomic E-state index is 12.7. The first-order valence-electron chi connectivity index (χ1n) is 9.23. The van der Waals surface area contributed by atoms with Crippen LogP contribution in [-0.2, 0) is 0 Å². The summed E-state index contributed by atoms with van der Waals surface area (Å²) in [4.78, 5) is 27.5. The van der Waals surface area contributed by atoms with E-state index in [-0.39, 0.29) is 11.6 Å². The highest BCUT2D eigenvalue weighted by molar-refractivity contribution is 5.94. The maximum Gasteiger partial charge on any atom is 0.292 e. The lowest BCUT2D eigenvalue weighted by Gasteiger charge is -2.36. The molecule has 0 aliphatic carbocycles. The number of hydrogen-bond acceptors (Lipinski definition) is 5. The number of piperazine rings is 1. The Balaban J connectivity index is 1.68. The lowest BCUT2D eigenvalue weighted by molar-refractivity contribution is -0.383. The van der Waals surface area contributed by atoms with E-state index in [0.717, 1.165) is 11.3 Å². The van der Waals surface area contributed by atoms with Crippen molar-refractivity contribution in [2.75, 3.05) is 42.9 Å². The van der Waals surface area contributed by atoms with Crippen LogP contribution < -0.4 is 10.2 Å². The number of amides is 1. The van der Waals surface area contributed by atoms with Crippen molar-refractivity contribution in [1.82, 2.24) is 4.90 Å². The van der Waals surface area contributed by atoms with Gasteiger partial charge in [-0.05, 0) is 31.2 Å². The molecule has 0 unspecified atom stereocenters. The van der Waals surface area contributed by atoms with Gasteiger partial charge >= 0.3 is 0 Å². The Morgan fingerprint density at radius 3 is 2.46 bits per heavy atom. The van der Waals surface area contributed by atoms with Gasteiger partial charge in [-0.1, -0.05) is 23.8 Å². The zero-order valence-corrected chi connectivity index (χ0v) is 15.9. The minimum absolute atomic E-state index is 0.0386. The first kappa shape index (κ1) is 19.4. The van der Waals surface area contributed by atoms with Gasteiger partial charge in [-0.2, -0.15) is 0 Å². The van der Waals surface area contributed by atoms with E-state index in [2.05, 4.69) is 16.8 Å². The monoisotopic (exact) mass is 380 g/mol. The largest absolute Gasteiger partial charge is 0.376 e. The number of aryl methyl sites for hydroxylation is 1. The highest BCUT2D eigenvalue weighted by Crippen LogP contribution is 2.30. The van der Waals surface area contributed by atoms with Crippen LogP contribution in [0.5, 0.6) is 0 Å². The Bertz CT molecular complexity index is 872. The van der Waals surface area contributed by atoms with Crippen molar-refractivity contribution in [2.45, 2.75) is 6.92 Å². The van der Waals surface area contributed by atoms with Gasteiger partial charge in [-0.3, -0.25) is 14.9 Å². The van der Waals surface area contributed by atoms with E-state index in [1.165, 1.54) is 6.07 Å². The Kier molecular flexibility index (Phi) is 5.93. The van der Waals surface area contributed by atoms with E-state index >= 15 is 0 Å². The van der Waals surface area contributed by atoms with Gasteiger partial charge in [0.05, 0.1) is 4.92 Å². The van der Waals surface area contributed by atoms with Crippen molar-refractivity contribution in [3.63, 3.8) is 0 Å². The van der Waals surface area contributed by atoms with Gasteiger partial charge in [-0.15, -0.1) is 6.58 Å². The maximum atomic E-state index is 12.7. The van der Waals surface area contributed by atoms with E-state index in [1.54, 1.807) is 18.2 Å². The average molecular weight is 380 g/mol. The van der Waals surface area contributed by atoms with Crippen LogP contribution in [0.3, 0.4) is 0 Å². The average Bonchev–Trinajstić information content (AvgIpc) is 2.72. The number of nitrogens with zero attached hydrogens (tertiary/aromatic N) is 3. The third-order valence-corrected chi connectivity index (χ3v) is 4.84. The van der Waals surface area contributed by atoms with Gasteiger partial charge in [0.15, 0.2) is 0 Å². The summed E-state index contributed by atoms with van der Waals surface area (Å²) >= 11 is 0. The van der Waals surface area contributed by atoms with Crippen LogP contribution in [0.25, 0.3) is 0 Å². The molecule has 3 rings (SSSR count). The van der Waals surface area contributed by atoms with Gasteiger partial charge in [0, 0.05) is 50.0 Å². The van der Waals surface area contributed by atoms with Gasteiger partial charge in [-0.25, -0.2) is 0 Å². The highest BCUT2D eigenvalue weighted by atomic mass is 16.6. The van der Waals surface area contributed by atoms with E-state index in [0.29, 0.717) is 44.0 Å². The SMILES string of the molecule is C=CCNc1cc(N2CCN(C(=O)c3ccc(C)cc3)CC2)ccc1[N+](=O)[O-]. The van der Waals surface area contributed by atoms with Crippen molar-refractivity contribution in [3.05, 3.63) is 76.4 Å². The predicted molar refractivity (Wildman–Crippen MR) is 111 cm³/mol. The van der Waals surface area contributed by atoms with Crippen molar-refractivity contribution in [3.8, 4) is 0 Å². The number of nitro groups is 1. The van der Waals surface area contributed by atoms with E-state index in [1.807, 2.05) is 36.1 Å². The smallest absolute Gasteiger partial charge is 0.292 e. The Morgan fingerprint density at radius 2 is 1.86 bits per heavy atom. The summed E-state index contributed by atoms with van der Waals surface area (Å²) < 4.78 is 0. The molecule has 1 saturated heterocycles. The summed E-state index contributed by atoms with van der Waals surface area (Å²) in [6.45, 7) is 8.65. The van der Waals surface area contributed by atoms with E-state index in [9.17, 15) is 14.9 Å². The fourth-order valence-electron chi connectivity index (χ4n) is 3.25. The van der Waals surface area contributed by atoms with Crippen LogP contribution in [-0.4, -0.2) is 48.5 Å². The molecule has 1 fully saturated rings. The number of carbonyl (C=O) groups excluding carboxylic acids is 1. The van der Waals surface area contributed by atoms with Crippen molar-refractivity contribution in [1.29, 1.82) is 0 Å². The molecule has 1 amide bonds. The summed E-state index contributed by atoms with van der Waals surface area (Å²) in [6.07, 6.45) is 1.66. The second-order valence-electron chi connectivity index (χ2n) is 6.77. The standard InChI is InChI=1S/C21H24N4O3/c1-3-10-22-19-15-18(8-9-20(19)25(27)28)23-11-13-24(14-12-23)21(26)17-6-4-16(2)5-7-17/h3-9,15,22H,1,10-14H2,2H3. The number of hydrogen-bond donors (Lipinski definition) is 1. The number of anilines is 2. The summed E-state index contributed by atoms with van der Waals surface area (Å²) in [5.41, 5.74) is 3.24. The lowest BCUT2D eigenvalue weighted by atomic mass is 10.1. The third kappa shape index (κ3) is 4.31. The van der Waals surface area contributed by atoms with E-state index in [4.69, 9.17) is 0 Å². The molecule has 2 aromatic rings. The molecule has 7 heteroatoms. The molecule has 7 nitrogen and oxygen atoms in total. The molecule has 1 N–H and O–H groups in total. The molecule has 0 spiro atoms. The molecule has 0 atom stereocenters. The Morgan fingerprint density at radius 1 is 1.18 bits per heavy atom. The number of carbonyl (C=O) groups is 1. The van der Waals surface area contributed by atoms with Gasteiger partial charge in [0.1, 0.15) is 5.69 Å². The molecule has 146 valence electrons. The molecule has 0 saturated carbocycles. The summed E-state index contributed by atoms with van der Waals surface area (Å²) in [5, 5.41) is 14.3. The number of rotatable bonds is 6. The van der Waals surface area contributed by atoms with Crippen LogP contribution in [0, 0.1) is 17.0 Å². The molecule has 0 bridgehead atoms. The molecule has 1 aliphatic rings. The third-order valence-electron chi connectivity index (χ3n) is 4.84. The first-order valence-corrected chi connectivity index (χ1v) is 9.23. The molecule has 28 heavy (non-hydrogen) atoms. The molecular formula is C21H24N4O3. The van der Waals surface area contributed by atoms with Crippen LogP contribution in [0.2, 0.25) is 0 Å². The fraction of sp³-hybridized carbons (Fsp3) is 0.286. The number of nitro benzene ring substituents is 1. The quantitative estimate of drug-likeness (QED) is 0.472. The van der Waals surface area contributed by atoms with Gasteiger partial charge in [0.25, 0.3) is 11.6 Å². The minimum atomic E-state index is -0.395. The summed E-state index contributed by atoms with van der Waals surface area (Å²) in [6, 6.07) is 12.7. The second kappa shape index (κ2) is 8.56. The van der Waals surface area contributed by atoms with Gasteiger partial charge in [0.2, 0.25) is 0 Å². The molecule has 1 aliphatic heterocycles. The molecular weight excluding hydrogens is 356 g/mol. The fourth-order valence-corrected chi connectivity index (χ4v) is 3.25. The highest BCUT2D eigenvalue weighted by Gasteiger charge is 2.23. The zero-order valence-electron chi connectivity index (χ0n) is 15.9. The predicted octanol–water partition coefficient (Wildman–Crippen LogP) is 3.46. The molecule has 0 radical (unpaired) electrons. The summed E-state index contributed by atoms with van der Waals surface area (Å²) in [7, 11) is 0. The molecule has 2 aromatic carbocycles. The Labute approximate surface area is 164 Å². The first-order chi connectivity index (χ1) is 13.5. The van der Waals surface area contributed by atoms with Crippen molar-refractivity contribution < 1.29 is 9.72 Å². The van der Waals surface area contributed by atoms with Crippen LogP contribution >= 0.6 is 0 Å². The van der Waals surface area contributed by atoms with Crippen LogP contribution in [0.15, 0.2) is 55.1 Å². The number of nitrogens with one attached hydrogen (secondary N) is 1.